The van der Waals surface area contributed by atoms with Crippen LogP contribution in [0.25, 0.3) is 0 Å². The van der Waals surface area contributed by atoms with Crippen molar-refractivity contribution in [1.29, 1.82) is 0 Å². The minimum Gasteiger partial charge on any atom is -0.508 e. The maximum atomic E-state index is 12.9. The standard InChI is InChI=1S/C19H26N2O4.C18H27IN2O3.C13H16N2O2.C9H10BrIO.C9H18N2O2.2C6H15N.BBr3/c1-19(2,3)25-18(23)20-9-8-14(12-20)21-10-7-13-11-15(24-4)5-6-16(13)17(21)22;1-18(2,3)24-17(22)21-10-8-14(12-21)20-9-7-13-11-15(23-4)5-6-16(13)19;16-11-1-2-12-9(7-11)4-6-15(13(12)17)10-3-5-14-8-10;1-12-8-2-3-9(11)7(6-8)4-5-10;1-9(2,3)13-8(12)11-5-4-7(10)6-11;2*1-4-7(5-2)6-3;2-1(3)4/h5-6,11,14H,7-10,12H2,1-4H3;5-6,11,14,20H,7-10,12H2,1-4H3;1-2,7,10,14,16H,3-6,8H2;2-3,6H,4-5H2,1H3;7H,4-6,10H2,1-3H3;2*4-6H2,1-3H3;/t2*14-;10-;;7-;;;/m111.1.../s1. The fourth-order valence-corrected chi connectivity index (χ4v) is 14.1. The molecule has 0 radical (unpaired) electrons. The minimum absolute atomic E-state index is 0.0416. The van der Waals surface area contributed by atoms with Gasteiger partial charge in [0.15, 0.2) is 0 Å². The number of likely N-dealkylation sites (tertiary alicyclic amines) is 3. The van der Waals surface area contributed by atoms with Crippen molar-refractivity contribution >= 4 is 142 Å². The normalized spacial score (nSPS) is 17.8. The fourth-order valence-electron chi connectivity index (χ4n) is 12.5. The van der Waals surface area contributed by atoms with E-state index in [9.17, 15) is 29.1 Å². The Labute approximate surface area is 713 Å². The van der Waals surface area contributed by atoms with Crippen LogP contribution in [0.4, 0.5) is 14.4 Å². The molecule has 109 heavy (non-hydrogen) atoms. The quantitative estimate of drug-likeness (QED) is 0.0333. The average molecular weight is 2010 g/mol. The van der Waals surface area contributed by atoms with Gasteiger partial charge in [0, 0.05) is 101 Å². The molecule has 614 valence electrons. The number of ether oxygens (including phenoxy) is 6. The Morgan fingerprint density at radius 3 is 1.38 bits per heavy atom. The third-order valence-corrected chi connectivity index (χ3v) is 21.0. The van der Waals surface area contributed by atoms with Crippen LogP contribution < -0.4 is 30.6 Å². The lowest BCUT2D eigenvalue weighted by molar-refractivity contribution is 0.0269. The summed E-state index contributed by atoms with van der Waals surface area (Å²) in [7, 11) is 5.01. The lowest BCUT2D eigenvalue weighted by Gasteiger charge is -2.33. The van der Waals surface area contributed by atoms with Crippen molar-refractivity contribution in [3.63, 3.8) is 0 Å². The number of nitrogens with zero attached hydrogens (tertiary/aromatic N) is 7. The van der Waals surface area contributed by atoms with Crippen LogP contribution in [-0.4, -0.2) is 252 Å². The number of carbonyl (C=O) groups is 5. The molecule has 0 unspecified atom stereocenters. The molecule has 6 aliphatic heterocycles. The summed E-state index contributed by atoms with van der Waals surface area (Å²) in [6, 6.07) is 23.8. The third kappa shape index (κ3) is 37.5. The van der Waals surface area contributed by atoms with E-state index in [2.05, 4.69) is 195 Å². The lowest BCUT2D eigenvalue weighted by atomic mass is 9.97. The molecule has 4 aromatic rings. The molecule has 4 atom stereocenters. The first-order chi connectivity index (χ1) is 51.4. The van der Waals surface area contributed by atoms with Crippen molar-refractivity contribution in [3.8, 4) is 23.0 Å². The molecule has 4 saturated heterocycles. The van der Waals surface area contributed by atoms with E-state index in [0.717, 1.165) is 135 Å². The summed E-state index contributed by atoms with van der Waals surface area (Å²) >= 11 is 17.4. The number of hydrogen-bond acceptors (Lipinski definition) is 17. The van der Waals surface area contributed by atoms with E-state index in [1.165, 1.54) is 57.5 Å². The SMILES string of the molecule is BrB(Br)Br.CC(C)(C)OC(=O)N1CC[C@@H](N)C1.CCN(CC)CC.CCN(CC)CC.COc1ccc(I)c(CCBr)c1.COc1ccc(I)c(CCN[C@@H]2CCN(C(=O)OC(C)(C)C)C2)c1.COc1ccc2c(c1)CCN([C@@H]1CCN(C(=O)OC(C)(C)C)C1)C2=O.O=C1c2ccc(O)cc2CCN1[C@@H]1CCNC1. The van der Waals surface area contributed by atoms with E-state index in [1.807, 2.05) is 102 Å². The van der Waals surface area contributed by atoms with Crippen molar-refractivity contribution in [1.82, 2.24) is 44.9 Å². The first-order valence-corrected chi connectivity index (χ1v) is 44.3. The molecule has 29 heteroatoms. The van der Waals surface area contributed by atoms with Crippen LogP contribution >= 0.6 is 108 Å². The molecule has 10 rings (SSSR count). The van der Waals surface area contributed by atoms with Crippen LogP contribution in [-0.2, 0) is 39.9 Å². The molecule has 0 spiro atoms. The lowest BCUT2D eigenvalue weighted by Crippen LogP contribution is -2.46. The maximum Gasteiger partial charge on any atom is 0.410 e. The highest BCUT2D eigenvalue weighted by molar-refractivity contribution is 14.1. The zero-order valence-electron chi connectivity index (χ0n) is 68.1. The van der Waals surface area contributed by atoms with Crippen LogP contribution in [0.5, 0.6) is 23.0 Å². The Morgan fingerprint density at radius 1 is 0.560 bits per heavy atom. The summed E-state index contributed by atoms with van der Waals surface area (Å²) in [5.74, 6) is 3.00. The van der Waals surface area contributed by atoms with Crippen molar-refractivity contribution < 1.29 is 57.5 Å². The summed E-state index contributed by atoms with van der Waals surface area (Å²) in [5.41, 5.74) is 10.4. The van der Waals surface area contributed by atoms with Gasteiger partial charge in [-0.1, -0.05) is 57.5 Å². The molecule has 4 fully saturated rings. The van der Waals surface area contributed by atoms with Gasteiger partial charge in [0.25, 0.3) is 11.8 Å². The summed E-state index contributed by atoms with van der Waals surface area (Å²) in [6.07, 6.45) is 6.55. The Hall–Kier alpha value is -3.93. The summed E-state index contributed by atoms with van der Waals surface area (Å²) in [6.45, 7) is 45.3. The van der Waals surface area contributed by atoms with Crippen LogP contribution in [0.2, 0.25) is 0 Å². The predicted molar refractivity (Wildman–Crippen MR) is 475 cm³/mol. The molecule has 6 aliphatic rings. The predicted octanol–water partition coefficient (Wildman–Crippen LogP) is 15.9. The van der Waals surface area contributed by atoms with Gasteiger partial charge in [-0.15, -0.1) is 47.3 Å². The molecular weight excluding hydrogens is 1880 g/mol. The first kappa shape index (κ1) is 99.3. The number of fused-ring (bicyclic) bond motifs is 2. The Morgan fingerprint density at radius 2 is 0.963 bits per heavy atom. The van der Waals surface area contributed by atoms with Crippen LogP contribution in [0.1, 0.15) is 173 Å². The van der Waals surface area contributed by atoms with Gasteiger partial charge < -0.3 is 84.2 Å². The number of amides is 5. The highest BCUT2D eigenvalue weighted by Crippen LogP contribution is 2.30. The maximum absolute atomic E-state index is 12.9. The van der Waals surface area contributed by atoms with E-state index in [4.69, 9.17) is 34.2 Å². The van der Waals surface area contributed by atoms with Gasteiger partial charge in [0.2, 0.25) is 0 Å². The van der Waals surface area contributed by atoms with Crippen molar-refractivity contribution in [2.75, 3.05) is 138 Å². The fraction of sp³-hybridized carbons (Fsp3) is 0.637. The molecular formula is C80H127BBr4I2N10O12. The number of carbonyl (C=O) groups excluding carboxylic acids is 5. The molecule has 5 N–H and O–H groups in total. The van der Waals surface area contributed by atoms with Gasteiger partial charge in [0.1, 0.15) is 39.8 Å². The molecule has 5 amide bonds. The number of methoxy groups -OCH3 is 3. The second-order valence-electron chi connectivity index (χ2n) is 29.8. The molecule has 6 heterocycles. The van der Waals surface area contributed by atoms with Gasteiger partial charge in [-0.05, 0) is 306 Å². The minimum atomic E-state index is -0.506. The number of aromatic hydroxyl groups is 1. The number of nitrogens with one attached hydrogen (secondary N) is 2. The summed E-state index contributed by atoms with van der Waals surface area (Å²) in [5, 5.41) is 17.3. The Bertz CT molecular complexity index is 3350. The zero-order chi connectivity index (χ0) is 81.8. The molecule has 0 aliphatic carbocycles. The molecule has 0 saturated carbocycles. The zero-order valence-corrected chi connectivity index (χ0v) is 78.8. The Kier molecular flexibility index (Phi) is 46.6. The van der Waals surface area contributed by atoms with Crippen LogP contribution in [0, 0.1) is 7.14 Å². The van der Waals surface area contributed by atoms with Gasteiger partial charge in [-0.2, -0.15) is 0 Å². The van der Waals surface area contributed by atoms with Crippen LogP contribution in [0.15, 0.2) is 72.8 Å². The first-order valence-electron chi connectivity index (χ1n) is 38.2. The molecule has 0 aromatic heterocycles. The Balaban J connectivity index is 0.000000341. The highest BCUT2D eigenvalue weighted by Gasteiger charge is 2.38. The van der Waals surface area contributed by atoms with Gasteiger partial charge >= 0.3 is 21.5 Å². The monoisotopic (exact) mass is 2000 g/mol. The third-order valence-electron chi connectivity index (χ3n) is 18.5. The summed E-state index contributed by atoms with van der Waals surface area (Å²) < 4.78 is 34.5. The van der Waals surface area contributed by atoms with Crippen molar-refractivity contribution in [2.45, 2.75) is 196 Å². The molecule has 22 nitrogen and oxygen atoms in total. The number of alkyl halides is 1. The van der Waals surface area contributed by atoms with E-state index in [-0.39, 0.29) is 51.1 Å². The number of rotatable bonds is 17. The van der Waals surface area contributed by atoms with Crippen molar-refractivity contribution in [2.24, 2.45) is 5.73 Å². The van der Waals surface area contributed by atoms with Crippen LogP contribution in [0.3, 0.4) is 0 Å². The molecule has 4 aromatic carbocycles. The van der Waals surface area contributed by atoms with E-state index < -0.39 is 16.8 Å². The van der Waals surface area contributed by atoms with E-state index in [1.54, 1.807) is 54.2 Å². The number of halogens is 6. The average Bonchev–Trinajstić information content (AvgIpc) is 1.73. The topological polar surface area (TPSA) is 234 Å². The number of nitrogens with two attached hydrogens (primary N) is 1. The van der Waals surface area contributed by atoms with E-state index in [0.29, 0.717) is 44.8 Å². The van der Waals surface area contributed by atoms with Gasteiger partial charge in [-0.3, -0.25) is 9.59 Å². The smallest absolute Gasteiger partial charge is 0.410 e. The molecule has 0 bridgehead atoms. The largest absolute Gasteiger partial charge is 0.508 e. The van der Waals surface area contributed by atoms with Crippen molar-refractivity contribution in [3.05, 3.63) is 113 Å². The highest BCUT2D eigenvalue weighted by atomic mass is 127. The van der Waals surface area contributed by atoms with Gasteiger partial charge in [0.05, 0.1) is 27.4 Å². The number of hydrogen-bond donors (Lipinski definition) is 4. The van der Waals surface area contributed by atoms with Gasteiger partial charge in [-0.25, -0.2) is 14.4 Å². The second kappa shape index (κ2) is 51.1. The number of phenolic OH excluding ortho intramolecular Hbond substituents is 1. The summed E-state index contributed by atoms with van der Waals surface area (Å²) in [4.78, 5) is 74.7. The number of phenols is 1. The van der Waals surface area contributed by atoms with E-state index >= 15 is 0 Å². The number of aryl methyl sites for hydroxylation is 1. The second-order valence-corrected chi connectivity index (χ2v) is 39.4. The number of benzene rings is 4.